The molecule has 0 fully saturated rings. The lowest BCUT2D eigenvalue weighted by atomic mass is 10.0. The van der Waals surface area contributed by atoms with E-state index in [-0.39, 0.29) is 0 Å². The van der Waals surface area contributed by atoms with Crippen molar-refractivity contribution in [3.05, 3.63) is 188 Å². The third-order valence-electron chi connectivity index (χ3n) is 6.67. The molecule has 0 aliphatic carbocycles. The standard InChI is InChI=1S/C26H18Cl4S.C12H10N2/c27-21-5-1-17(2-6-21)13-19-15-23(29)9-11-25(19)31-26-12-10-24(30)16-20(26)14-18-3-7-22(28)8-4-18;1-3-7-11(8-4-1)13-14-12-9-5-2-6-10-12/h1-12,15-16H,13-14H2;1-10H. The Morgan fingerprint density at radius 1 is 0.400 bits per heavy atom. The fraction of sp³-hybridized carbons (Fsp3) is 0.0526. The summed E-state index contributed by atoms with van der Waals surface area (Å²) >= 11 is 26.5. The smallest absolute Gasteiger partial charge is 0.0857 e. The highest BCUT2D eigenvalue weighted by Gasteiger charge is 2.12. The van der Waals surface area contributed by atoms with E-state index in [9.17, 15) is 0 Å². The van der Waals surface area contributed by atoms with Gasteiger partial charge in [-0.3, -0.25) is 0 Å². The van der Waals surface area contributed by atoms with E-state index in [0.717, 1.165) is 44.3 Å². The second kappa shape index (κ2) is 16.7. The molecule has 0 aromatic heterocycles. The summed E-state index contributed by atoms with van der Waals surface area (Å²) < 4.78 is 0. The van der Waals surface area contributed by atoms with Crippen molar-refractivity contribution >= 4 is 69.5 Å². The first-order valence-corrected chi connectivity index (χ1v) is 16.5. The Bertz CT molecular complexity index is 1710. The molecule has 0 N–H and O–H groups in total. The molecule has 2 nitrogen and oxygen atoms in total. The van der Waals surface area contributed by atoms with Gasteiger partial charge >= 0.3 is 0 Å². The molecule has 0 atom stereocenters. The van der Waals surface area contributed by atoms with Gasteiger partial charge in [-0.15, -0.1) is 0 Å². The van der Waals surface area contributed by atoms with Gasteiger partial charge in [-0.25, -0.2) is 0 Å². The largest absolute Gasteiger partial charge is 0.151 e. The molecule has 0 radical (unpaired) electrons. The van der Waals surface area contributed by atoms with E-state index in [1.54, 1.807) is 11.8 Å². The Morgan fingerprint density at radius 3 is 1.13 bits per heavy atom. The van der Waals surface area contributed by atoms with Crippen LogP contribution in [0.4, 0.5) is 11.4 Å². The van der Waals surface area contributed by atoms with Crippen LogP contribution >= 0.6 is 58.2 Å². The number of halogens is 4. The van der Waals surface area contributed by atoms with Gasteiger partial charge in [0, 0.05) is 29.9 Å². The molecule has 6 aromatic carbocycles. The Kier molecular flexibility index (Phi) is 12.1. The molecule has 0 spiro atoms. The van der Waals surface area contributed by atoms with E-state index in [1.165, 1.54) is 32.0 Å². The zero-order chi connectivity index (χ0) is 31.4. The van der Waals surface area contributed by atoms with Crippen molar-refractivity contribution in [2.24, 2.45) is 10.2 Å². The number of benzene rings is 6. The SMILES string of the molecule is Clc1ccc(Cc2cc(Cl)ccc2Sc2ccc(Cl)cc2Cc2ccc(Cl)cc2)cc1.c1ccc(N=Nc2ccccc2)cc1. The van der Waals surface area contributed by atoms with Crippen molar-refractivity contribution in [1.29, 1.82) is 0 Å². The maximum absolute atomic E-state index is 6.32. The minimum Gasteiger partial charge on any atom is -0.151 e. The summed E-state index contributed by atoms with van der Waals surface area (Å²) in [5.41, 5.74) is 6.46. The Labute approximate surface area is 288 Å². The summed E-state index contributed by atoms with van der Waals surface area (Å²) in [6.45, 7) is 0. The predicted octanol–water partition coefficient (Wildman–Crippen LogP) is 13.7. The molecule has 0 amide bonds. The lowest BCUT2D eigenvalue weighted by molar-refractivity contribution is 1.11. The molecule has 0 saturated heterocycles. The molecule has 6 rings (SSSR count). The zero-order valence-electron chi connectivity index (χ0n) is 24.1. The maximum Gasteiger partial charge on any atom is 0.0857 e. The number of azo groups is 1. The molecule has 0 bridgehead atoms. The quantitative estimate of drug-likeness (QED) is 0.146. The fourth-order valence-electron chi connectivity index (χ4n) is 4.44. The lowest BCUT2D eigenvalue weighted by Crippen LogP contribution is -1.94. The molecule has 0 heterocycles. The summed E-state index contributed by atoms with van der Waals surface area (Å²) in [5, 5.41) is 11.1. The second-order valence-corrected chi connectivity index (χ2v) is 12.9. The molecular weight excluding hydrogens is 658 g/mol. The normalized spacial score (nSPS) is 10.8. The number of hydrogen-bond donors (Lipinski definition) is 0. The fourth-order valence-corrected chi connectivity index (χ4v) is 6.11. The van der Waals surface area contributed by atoms with Crippen LogP contribution in [0.1, 0.15) is 22.3 Å². The van der Waals surface area contributed by atoms with E-state index >= 15 is 0 Å². The molecule has 0 aliphatic rings. The van der Waals surface area contributed by atoms with Crippen LogP contribution in [0.3, 0.4) is 0 Å². The topological polar surface area (TPSA) is 24.7 Å². The minimum absolute atomic E-state index is 0.728. The van der Waals surface area contributed by atoms with Crippen LogP contribution < -0.4 is 0 Å². The maximum atomic E-state index is 6.32. The van der Waals surface area contributed by atoms with E-state index in [4.69, 9.17) is 46.4 Å². The van der Waals surface area contributed by atoms with E-state index in [1.807, 2.05) is 133 Å². The van der Waals surface area contributed by atoms with Crippen molar-refractivity contribution in [2.45, 2.75) is 22.6 Å². The Hall–Kier alpha value is -3.57. The van der Waals surface area contributed by atoms with Crippen molar-refractivity contribution in [3.8, 4) is 0 Å². The molecular formula is C38H28Cl4N2S. The zero-order valence-corrected chi connectivity index (χ0v) is 27.9. The highest BCUT2D eigenvalue weighted by Crippen LogP contribution is 2.37. The average molecular weight is 687 g/mol. The van der Waals surface area contributed by atoms with Crippen LogP contribution in [0, 0.1) is 0 Å². The van der Waals surface area contributed by atoms with Crippen molar-refractivity contribution in [2.75, 3.05) is 0 Å². The minimum atomic E-state index is 0.728. The molecule has 6 aromatic rings. The Balaban J connectivity index is 0.000000238. The average Bonchev–Trinajstić information content (AvgIpc) is 3.06. The number of nitrogens with zero attached hydrogens (tertiary/aromatic N) is 2. The van der Waals surface area contributed by atoms with Crippen LogP contribution in [-0.2, 0) is 12.8 Å². The first-order valence-electron chi connectivity index (χ1n) is 14.2. The van der Waals surface area contributed by atoms with Crippen LogP contribution in [0.5, 0.6) is 0 Å². The molecule has 45 heavy (non-hydrogen) atoms. The van der Waals surface area contributed by atoms with E-state index in [0.29, 0.717) is 0 Å². The van der Waals surface area contributed by atoms with Gasteiger partial charge in [0.05, 0.1) is 11.4 Å². The van der Waals surface area contributed by atoms with Gasteiger partial charge in [0.15, 0.2) is 0 Å². The van der Waals surface area contributed by atoms with Gasteiger partial charge in [0.1, 0.15) is 0 Å². The molecule has 0 aliphatic heterocycles. The van der Waals surface area contributed by atoms with Crippen LogP contribution in [0.2, 0.25) is 20.1 Å². The lowest BCUT2D eigenvalue weighted by Gasteiger charge is -2.14. The molecule has 0 unspecified atom stereocenters. The van der Waals surface area contributed by atoms with Gasteiger partial charge in [0.25, 0.3) is 0 Å². The van der Waals surface area contributed by atoms with Crippen molar-refractivity contribution in [3.63, 3.8) is 0 Å². The summed E-state index contributed by atoms with van der Waals surface area (Å²) in [6.07, 6.45) is 1.56. The van der Waals surface area contributed by atoms with Gasteiger partial charge in [-0.1, -0.05) is 119 Å². The van der Waals surface area contributed by atoms with E-state index < -0.39 is 0 Å². The molecule has 0 saturated carbocycles. The van der Waals surface area contributed by atoms with Crippen molar-refractivity contribution < 1.29 is 0 Å². The first kappa shape index (κ1) is 32.8. The summed E-state index contributed by atoms with van der Waals surface area (Å²) in [7, 11) is 0. The molecule has 7 heteroatoms. The number of hydrogen-bond acceptors (Lipinski definition) is 3. The monoisotopic (exact) mass is 684 g/mol. The van der Waals surface area contributed by atoms with E-state index in [2.05, 4.69) is 22.4 Å². The highest BCUT2D eigenvalue weighted by atomic mass is 35.5. The van der Waals surface area contributed by atoms with Gasteiger partial charge < -0.3 is 0 Å². The van der Waals surface area contributed by atoms with Gasteiger partial charge in [-0.05, 0) is 120 Å². The van der Waals surface area contributed by atoms with Crippen molar-refractivity contribution in [1.82, 2.24) is 0 Å². The van der Waals surface area contributed by atoms with Crippen LogP contribution in [0.15, 0.2) is 166 Å². The summed E-state index contributed by atoms with van der Waals surface area (Å²) in [5.74, 6) is 0. The predicted molar refractivity (Wildman–Crippen MR) is 193 cm³/mol. The third-order valence-corrected chi connectivity index (χ3v) is 8.88. The summed E-state index contributed by atoms with van der Waals surface area (Å²) in [6, 6.07) is 47.3. The highest BCUT2D eigenvalue weighted by molar-refractivity contribution is 7.99. The van der Waals surface area contributed by atoms with Crippen LogP contribution in [0.25, 0.3) is 0 Å². The molecule has 224 valence electrons. The van der Waals surface area contributed by atoms with Gasteiger partial charge in [-0.2, -0.15) is 10.2 Å². The van der Waals surface area contributed by atoms with Crippen LogP contribution in [-0.4, -0.2) is 0 Å². The third kappa shape index (κ3) is 10.5. The first-order chi connectivity index (χ1) is 21.9. The number of rotatable bonds is 8. The Morgan fingerprint density at radius 2 is 0.756 bits per heavy atom. The summed E-state index contributed by atoms with van der Waals surface area (Å²) in [4.78, 5) is 2.33. The second-order valence-electron chi connectivity index (χ2n) is 10.1. The van der Waals surface area contributed by atoms with Gasteiger partial charge in [0.2, 0.25) is 0 Å².